The monoisotopic (exact) mass is 658 g/mol. The van der Waals surface area contributed by atoms with Crippen LogP contribution in [0.2, 0.25) is 0 Å². The first-order valence-corrected chi connectivity index (χ1v) is 19.0. The number of piperazine rings is 1. The lowest BCUT2D eigenvalue weighted by atomic mass is 9.81. The first kappa shape index (κ1) is 30.9. The minimum absolute atomic E-state index is 0.0788. The van der Waals surface area contributed by atoms with Crippen LogP contribution in [0.25, 0.3) is 22.2 Å². The quantitative estimate of drug-likeness (QED) is 0.369. The average Bonchev–Trinajstić information content (AvgIpc) is 3.74. The second-order valence-corrected chi connectivity index (χ2v) is 17.3. The number of amides is 2. The largest absolute Gasteiger partial charge is 0.497 e. The van der Waals surface area contributed by atoms with Crippen LogP contribution in [0.1, 0.15) is 98.5 Å². The summed E-state index contributed by atoms with van der Waals surface area (Å²) in [5, 5.41) is 0.367. The number of carbonyl (C=O) groups is 2. The number of nitrogens with one attached hydrogen (secondary N) is 1. The first-order valence-electron chi connectivity index (χ1n) is 17.4. The number of nitrogens with zero attached hydrogens (tertiary/aromatic N) is 3. The van der Waals surface area contributed by atoms with Crippen LogP contribution in [0.3, 0.4) is 0 Å². The lowest BCUT2D eigenvalue weighted by Gasteiger charge is -2.51. The summed E-state index contributed by atoms with van der Waals surface area (Å²) >= 11 is 0. The SMILES string of the molecule is COc1ccc2c(c1)C1C[C@]1(C(=O)N1CC3CCC1CN3C)Cn1c-2c(C2CCCCC2)c2ccc(C(=O)NS(=O)(=O)C(C)C)cc21. The van der Waals surface area contributed by atoms with Crippen LogP contribution in [-0.4, -0.2) is 79.2 Å². The summed E-state index contributed by atoms with van der Waals surface area (Å²) in [4.78, 5) is 32.9. The maximum Gasteiger partial charge on any atom is 0.264 e. The summed E-state index contributed by atoms with van der Waals surface area (Å²) in [6.07, 6.45) is 8.76. The molecule has 0 spiro atoms. The van der Waals surface area contributed by atoms with Crippen molar-refractivity contribution in [3.63, 3.8) is 0 Å². The number of piperidine rings is 2. The molecule has 4 aliphatic heterocycles. The van der Waals surface area contributed by atoms with E-state index in [-0.39, 0.29) is 17.9 Å². The van der Waals surface area contributed by atoms with Crippen molar-refractivity contribution in [1.29, 1.82) is 0 Å². The van der Waals surface area contributed by atoms with Gasteiger partial charge in [-0.25, -0.2) is 13.1 Å². The number of ether oxygens (including phenoxy) is 1. The van der Waals surface area contributed by atoms with E-state index in [4.69, 9.17) is 4.74 Å². The Balaban J connectivity index is 1.31. The van der Waals surface area contributed by atoms with Gasteiger partial charge in [0.05, 0.1) is 23.5 Å². The van der Waals surface area contributed by atoms with E-state index in [1.54, 1.807) is 27.0 Å². The van der Waals surface area contributed by atoms with Crippen molar-refractivity contribution in [2.45, 2.75) is 101 Å². The molecule has 5 fully saturated rings. The van der Waals surface area contributed by atoms with Gasteiger partial charge in [0, 0.05) is 59.7 Å². The number of sulfonamides is 1. The van der Waals surface area contributed by atoms with Gasteiger partial charge >= 0.3 is 0 Å². The second-order valence-electron chi connectivity index (χ2n) is 15.1. The highest BCUT2D eigenvalue weighted by molar-refractivity contribution is 7.90. The van der Waals surface area contributed by atoms with Crippen LogP contribution in [0.15, 0.2) is 36.4 Å². The molecule has 3 saturated heterocycles. The average molecular weight is 659 g/mol. The fourth-order valence-electron chi connectivity index (χ4n) is 9.30. The molecule has 5 heterocycles. The zero-order valence-corrected chi connectivity index (χ0v) is 28.7. The molecular formula is C37H46N4O5S. The van der Waals surface area contributed by atoms with Gasteiger partial charge in [-0.1, -0.05) is 25.3 Å². The van der Waals surface area contributed by atoms with Crippen LogP contribution in [0.5, 0.6) is 5.75 Å². The molecule has 2 amide bonds. The van der Waals surface area contributed by atoms with Gasteiger partial charge in [0.2, 0.25) is 15.9 Å². The van der Waals surface area contributed by atoms with Gasteiger partial charge in [-0.2, -0.15) is 0 Å². The molecule has 6 aliphatic rings. The van der Waals surface area contributed by atoms with Crippen molar-refractivity contribution >= 4 is 32.7 Å². The van der Waals surface area contributed by atoms with E-state index < -0.39 is 26.6 Å². The topological polar surface area (TPSA) is 101 Å². The minimum atomic E-state index is -3.80. The summed E-state index contributed by atoms with van der Waals surface area (Å²) in [7, 11) is 0.0762. The van der Waals surface area contributed by atoms with Crippen LogP contribution in [0, 0.1) is 5.41 Å². The predicted molar refractivity (Wildman–Crippen MR) is 182 cm³/mol. The Bertz CT molecular complexity index is 1890. The molecule has 3 unspecified atom stereocenters. The maximum atomic E-state index is 14.9. The van der Waals surface area contributed by atoms with Gasteiger partial charge in [-0.3, -0.25) is 14.5 Å². The highest BCUT2D eigenvalue weighted by atomic mass is 32.2. The van der Waals surface area contributed by atoms with Gasteiger partial charge in [-0.15, -0.1) is 0 Å². The van der Waals surface area contributed by atoms with Crippen molar-refractivity contribution in [1.82, 2.24) is 19.1 Å². The van der Waals surface area contributed by atoms with Gasteiger partial charge in [0.25, 0.3) is 5.91 Å². The molecule has 2 saturated carbocycles. The Morgan fingerprint density at radius 3 is 2.43 bits per heavy atom. The van der Waals surface area contributed by atoms with E-state index in [1.807, 2.05) is 18.2 Å². The number of fused-ring (bicyclic) bond motifs is 10. The third-order valence-corrected chi connectivity index (χ3v) is 13.8. The molecule has 10 heteroatoms. The molecule has 1 N–H and O–H groups in total. The van der Waals surface area contributed by atoms with Gasteiger partial charge in [0.15, 0.2) is 0 Å². The Hall–Kier alpha value is -3.37. The molecule has 2 aromatic carbocycles. The summed E-state index contributed by atoms with van der Waals surface area (Å²) in [6, 6.07) is 12.6. The second kappa shape index (κ2) is 11.1. The first-order chi connectivity index (χ1) is 22.5. The third-order valence-electron chi connectivity index (χ3n) is 12.1. The van der Waals surface area contributed by atoms with Crippen LogP contribution >= 0.6 is 0 Å². The number of likely N-dealkylation sites (N-methyl/N-ethyl adjacent to an activating group) is 1. The molecule has 3 aromatic rings. The van der Waals surface area contributed by atoms with Crippen LogP contribution in [0.4, 0.5) is 0 Å². The molecule has 2 aliphatic carbocycles. The number of hydrogen-bond donors (Lipinski definition) is 1. The zero-order valence-electron chi connectivity index (χ0n) is 27.9. The molecule has 250 valence electrons. The molecule has 47 heavy (non-hydrogen) atoms. The molecule has 1 aromatic heterocycles. The summed E-state index contributed by atoms with van der Waals surface area (Å²) in [5.41, 5.74) is 5.39. The summed E-state index contributed by atoms with van der Waals surface area (Å²) in [6.45, 7) is 5.35. The molecule has 9 rings (SSSR count). The lowest BCUT2D eigenvalue weighted by Crippen LogP contribution is -2.64. The highest BCUT2D eigenvalue weighted by Gasteiger charge is 2.65. The summed E-state index contributed by atoms with van der Waals surface area (Å²) in [5.74, 6) is 0.871. The van der Waals surface area contributed by atoms with Crippen molar-refractivity contribution < 1.29 is 22.7 Å². The predicted octanol–water partition coefficient (Wildman–Crippen LogP) is 5.62. The number of methoxy groups -OCH3 is 1. The van der Waals surface area contributed by atoms with E-state index in [2.05, 4.69) is 38.3 Å². The number of hydrogen-bond acceptors (Lipinski definition) is 6. The van der Waals surface area contributed by atoms with Crippen molar-refractivity contribution in [3.8, 4) is 17.0 Å². The Kier molecular flexibility index (Phi) is 7.30. The molecule has 0 radical (unpaired) electrons. The Labute approximate surface area is 277 Å². The van der Waals surface area contributed by atoms with E-state index >= 15 is 0 Å². The fourth-order valence-corrected chi connectivity index (χ4v) is 9.91. The van der Waals surface area contributed by atoms with E-state index in [9.17, 15) is 18.0 Å². The highest BCUT2D eigenvalue weighted by Crippen LogP contribution is 2.66. The number of rotatable bonds is 6. The van der Waals surface area contributed by atoms with Crippen molar-refractivity contribution in [2.24, 2.45) is 5.41 Å². The number of carbonyl (C=O) groups excluding carboxylic acids is 2. The number of aromatic nitrogens is 1. The van der Waals surface area contributed by atoms with Gasteiger partial charge in [0.1, 0.15) is 5.75 Å². The molecule has 9 nitrogen and oxygen atoms in total. The standard InChI is InChI=1S/C37H46N4O5S/c1-22(2)47(44,45)38-35(42)24-10-14-29-32(16-24)41-21-37(36(43)40-20-25-11-12-26(40)19-39(25)3)18-31(37)30-17-27(46-4)13-15-28(30)34(41)33(29)23-8-6-5-7-9-23/h10,13-17,22-23,25-26,31H,5-9,11-12,18-21H2,1-4H3,(H,38,42)/t25?,26?,31?,37-/m0/s1. The van der Waals surface area contributed by atoms with Crippen LogP contribution in [-0.2, 0) is 21.4 Å². The summed E-state index contributed by atoms with van der Waals surface area (Å²) < 4.78 is 35.7. The van der Waals surface area contributed by atoms with E-state index in [1.165, 1.54) is 30.4 Å². The molecule has 2 bridgehead atoms. The fraction of sp³-hybridized carbons (Fsp3) is 0.568. The molecule has 4 atom stereocenters. The van der Waals surface area contributed by atoms with Gasteiger partial charge in [-0.05, 0) is 100 Å². The van der Waals surface area contributed by atoms with E-state index in [0.717, 1.165) is 73.1 Å². The van der Waals surface area contributed by atoms with Crippen molar-refractivity contribution in [2.75, 3.05) is 27.2 Å². The van der Waals surface area contributed by atoms with Crippen molar-refractivity contribution in [3.05, 3.63) is 53.1 Å². The molecular weight excluding hydrogens is 612 g/mol. The lowest BCUT2D eigenvalue weighted by molar-refractivity contribution is -0.147. The smallest absolute Gasteiger partial charge is 0.264 e. The number of benzene rings is 2. The van der Waals surface area contributed by atoms with E-state index in [0.29, 0.717) is 24.1 Å². The maximum absolute atomic E-state index is 14.9. The Morgan fingerprint density at radius 2 is 1.74 bits per heavy atom. The third kappa shape index (κ3) is 4.84. The minimum Gasteiger partial charge on any atom is -0.497 e. The Morgan fingerprint density at radius 1 is 0.979 bits per heavy atom. The normalized spacial score (nSPS) is 27.3. The zero-order chi connectivity index (χ0) is 32.8. The van der Waals surface area contributed by atoms with Crippen LogP contribution < -0.4 is 9.46 Å². The van der Waals surface area contributed by atoms with Gasteiger partial charge < -0.3 is 14.2 Å².